The molecule has 0 amide bonds. The summed E-state index contributed by atoms with van der Waals surface area (Å²) in [5.41, 5.74) is 21.3. The van der Waals surface area contributed by atoms with Gasteiger partial charge in [0.15, 0.2) is 11.6 Å². The Kier molecular flexibility index (Phi) is 62.5. The summed E-state index contributed by atoms with van der Waals surface area (Å²) in [4.78, 5) is 22.4. The minimum atomic E-state index is 0.715. The molecule has 0 spiro atoms. The summed E-state index contributed by atoms with van der Waals surface area (Å²) < 4.78 is 0. The van der Waals surface area contributed by atoms with E-state index in [2.05, 4.69) is 245 Å². The summed E-state index contributed by atoms with van der Waals surface area (Å²) in [6.07, 6.45) is 0. The first-order chi connectivity index (χ1) is 52.3. The van der Waals surface area contributed by atoms with Crippen molar-refractivity contribution in [2.45, 2.75) is 194 Å². The zero-order valence-corrected chi connectivity index (χ0v) is 70.7. The van der Waals surface area contributed by atoms with E-state index < -0.39 is 0 Å². The van der Waals surface area contributed by atoms with Gasteiger partial charge in [-0.1, -0.05) is 451 Å². The predicted octanol–water partition coefficient (Wildman–Crippen LogP) is 32.3. The average Bonchev–Trinajstić information content (AvgIpc) is 0.813. The second-order valence-electron chi connectivity index (χ2n) is 19.9. The maximum atomic E-state index is 4.55. The topological polar surface area (TPSA) is 64.5 Å². The highest BCUT2D eigenvalue weighted by Gasteiger charge is 2.11. The van der Waals surface area contributed by atoms with Crippen LogP contribution in [0.1, 0.15) is 189 Å². The van der Waals surface area contributed by atoms with Crippen LogP contribution < -0.4 is 0 Å². The summed E-state index contributed by atoms with van der Waals surface area (Å²) in [6.45, 7) is 56.1. The molecule has 0 N–H and O–H groups in total. The fraction of sp³-hybridized carbons (Fsp3) is 0.277. The van der Waals surface area contributed by atoms with Crippen LogP contribution in [-0.2, 0) is 0 Å². The van der Waals surface area contributed by atoms with E-state index in [0.29, 0.717) is 11.6 Å². The molecule has 0 aliphatic carbocycles. The van der Waals surface area contributed by atoms with Crippen LogP contribution in [0.4, 0.5) is 0 Å². The second-order valence-corrected chi connectivity index (χ2v) is 19.9. The third-order valence-corrected chi connectivity index (χ3v) is 13.6. The fourth-order valence-corrected chi connectivity index (χ4v) is 9.59. The summed E-state index contributed by atoms with van der Waals surface area (Å²) in [6, 6.07) is 107. The lowest BCUT2D eigenvalue weighted by Gasteiger charge is -2.11. The van der Waals surface area contributed by atoms with Crippen LogP contribution in [0.3, 0.4) is 0 Å². The number of aryl methyl sites for hydroxylation is 4. The summed E-state index contributed by atoms with van der Waals surface area (Å²) in [5, 5.41) is 0. The first-order valence-corrected chi connectivity index (χ1v) is 39.6. The molecule has 0 unspecified atom stereocenters. The Morgan fingerprint density at radius 3 is 0.594 bits per heavy atom. The zero-order valence-electron chi connectivity index (χ0n) is 70.7. The molecule has 0 radical (unpaired) electrons. The summed E-state index contributed by atoms with van der Waals surface area (Å²) in [7, 11) is 0. The van der Waals surface area contributed by atoms with Gasteiger partial charge in [-0.15, -0.1) is 0 Å². The monoisotopic (exact) mass is 1420 g/mol. The highest BCUT2D eigenvalue weighted by atomic mass is 15.0. The van der Waals surface area contributed by atoms with Gasteiger partial charge >= 0.3 is 0 Å². The van der Waals surface area contributed by atoms with Crippen LogP contribution in [0.15, 0.2) is 309 Å². The van der Waals surface area contributed by atoms with Gasteiger partial charge in [-0.2, -0.15) is 0 Å². The van der Waals surface area contributed by atoms with E-state index in [1.54, 1.807) is 0 Å². The van der Waals surface area contributed by atoms with E-state index >= 15 is 0 Å². The normalized spacial score (nSPS) is 8.75. The molecule has 0 bridgehead atoms. The van der Waals surface area contributed by atoms with Crippen LogP contribution in [0.2, 0.25) is 0 Å². The minimum Gasteiger partial charge on any atom is -0.233 e. The molecule has 2 heterocycles. The van der Waals surface area contributed by atoms with Gasteiger partial charge in [-0.25, -0.2) is 24.9 Å². The van der Waals surface area contributed by atoms with E-state index in [1.807, 2.05) is 283 Å². The molecule has 0 saturated carbocycles. The minimum absolute atomic E-state index is 0.715. The van der Waals surface area contributed by atoms with Crippen molar-refractivity contribution in [2.75, 3.05) is 0 Å². The van der Waals surface area contributed by atoms with Crippen LogP contribution in [0.5, 0.6) is 0 Å². The second kappa shape index (κ2) is 66.5. The van der Waals surface area contributed by atoms with E-state index in [1.165, 1.54) is 66.8 Å². The Labute approximate surface area is 648 Å². The molecular formula is C101H135N5. The highest BCUT2D eigenvalue weighted by molar-refractivity contribution is 5.81. The van der Waals surface area contributed by atoms with Crippen molar-refractivity contribution in [2.24, 2.45) is 0 Å². The van der Waals surface area contributed by atoms with Crippen molar-refractivity contribution < 1.29 is 0 Å². The summed E-state index contributed by atoms with van der Waals surface area (Å²) in [5.74, 6) is 2.95. The molecule has 0 saturated heterocycles. The molecule has 5 heteroatoms. The maximum Gasteiger partial charge on any atom is 0.163 e. The molecule has 2 aromatic heterocycles. The average molecular weight is 1420 g/mol. The first kappa shape index (κ1) is 99.7. The zero-order chi connectivity index (χ0) is 80.3. The van der Waals surface area contributed by atoms with Crippen molar-refractivity contribution in [3.8, 4) is 101 Å². The highest BCUT2D eigenvalue weighted by Crippen LogP contribution is 2.34. The van der Waals surface area contributed by atoms with Crippen LogP contribution >= 0.6 is 0 Å². The number of hydrogen-bond donors (Lipinski definition) is 0. The van der Waals surface area contributed by atoms with Gasteiger partial charge in [0.2, 0.25) is 0 Å². The lowest BCUT2D eigenvalue weighted by Crippen LogP contribution is -1.99. The molecule has 0 atom stereocenters. The molecule has 11 aromatic carbocycles. The summed E-state index contributed by atoms with van der Waals surface area (Å²) >= 11 is 0. The Morgan fingerprint density at radius 2 is 0.340 bits per heavy atom. The SMILES string of the molecule is CC.CC.CC.CC.CC.CC.CC.CC.CC.CC.CC.CC.Cc1cc(-c2ccccc2)cc(-c2ccccc2)c1.Cc1cccc(-c2cc(-c3ccccc3)cc(-c3ccccc3)c2)c1.Cc1nc(-c2ccccc2)cc(-c2ccccc2)n1.Cc1nc(-c2ccccc2)nc(-c2ccccc2)n1. The Balaban J connectivity index is -0.00000122. The number of hydrogen-bond acceptors (Lipinski definition) is 5. The van der Waals surface area contributed by atoms with Crippen LogP contribution in [-0.4, -0.2) is 24.9 Å². The Morgan fingerprint density at radius 1 is 0.142 bits per heavy atom. The molecular weight excluding hydrogens is 1280 g/mol. The van der Waals surface area contributed by atoms with E-state index in [0.717, 1.165) is 45.3 Å². The van der Waals surface area contributed by atoms with Crippen molar-refractivity contribution in [1.29, 1.82) is 0 Å². The smallest absolute Gasteiger partial charge is 0.163 e. The van der Waals surface area contributed by atoms with Crippen molar-refractivity contribution in [3.05, 3.63) is 332 Å². The van der Waals surface area contributed by atoms with Gasteiger partial charge in [0.1, 0.15) is 11.6 Å². The van der Waals surface area contributed by atoms with E-state index in [-0.39, 0.29) is 0 Å². The quantitative estimate of drug-likeness (QED) is 0.144. The van der Waals surface area contributed by atoms with Gasteiger partial charge < -0.3 is 0 Å². The molecule has 0 aliphatic rings. The van der Waals surface area contributed by atoms with E-state index in [9.17, 15) is 0 Å². The van der Waals surface area contributed by atoms with Crippen LogP contribution in [0, 0.1) is 27.7 Å². The maximum absolute atomic E-state index is 4.55. The predicted molar refractivity (Wildman–Crippen MR) is 479 cm³/mol. The molecule has 0 aliphatic heterocycles. The Bertz CT molecular complexity index is 3560. The van der Waals surface area contributed by atoms with Gasteiger partial charge in [0, 0.05) is 22.3 Å². The molecule has 106 heavy (non-hydrogen) atoms. The molecule has 0 fully saturated rings. The van der Waals surface area contributed by atoms with Crippen molar-refractivity contribution >= 4 is 0 Å². The number of benzene rings is 11. The van der Waals surface area contributed by atoms with Gasteiger partial charge in [-0.05, 0) is 119 Å². The molecule has 5 nitrogen and oxygen atoms in total. The molecule has 13 rings (SSSR count). The first-order valence-electron chi connectivity index (χ1n) is 39.6. The third kappa shape index (κ3) is 36.8. The number of aromatic nitrogens is 5. The van der Waals surface area contributed by atoms with Gasteiger partial charge in [-0.3, -0.25) is 0 Å². The van der Waals surface area contributed by atoms with E-state index in [4.69, 9.17) is 0 Å². The Hall–Kier alpha value is -10.5. The fourth-order valence-electron chi connectivity index (χ4n) is 9.59. The third-order valence-electron chi connectivity index (χ3n) is 13.6. The lowest BCUT2D eigenvalue weighted by atomic mass is 9.93. The lowest BCUT2D eigenvalue weighted by molar-refractivity contribution is 0.992. The molecule has 564 valence electrons. The number of nitrogens with zero attached hydrogens (tertiary/aromatic N) is 5. The van der Waals surface area contributed by atoms with Crippen molar-refractivity contribution in [3.63, 3.8) is 0 Å². The van der Waals surface area contributed by atoms with Gasteiger partial charge in [0.05, 0.1) is 11.4 Å². The van der Waals surface area contributed by atoms with Crippen LogP contribution in [0.25, 0.3) is 101 Å². The molecule has 13 aromatic rings. The van der Waals surface area contributed by atoms with Gasteiger partial charge in [0.25, 0.3) is 0 Å². The largest absolute Gasteiger partial charge is 0.233 e. The standard InChI is InChI=1S/C25H20.C19H16.C17H14N2.C16H13N3.12C2H6/c1-19-9-8-14-22(15-19)25-17-23(20-10-4-2-5-11-20)16-24(18-25)21-12-6-3-7-13-21;1-15-12-18(16-8-4-2-5-9-16)14-19(13-15)17-10-6-3-7-11-17;1-13-18-16(14-8-4-2-5-9-14)12-17(19-13)15-10-6-3-7-11-15;1-12-17-15(13-8-4-2-5-9-13)19-16(18-12)14-10-6-3-7-11-14;12*1-2/h2-18H,1H3;2-14H,1H3;2-12H,1H3;2-11H,1H3;12*1-2H3. The van der Waals surface area contributed by atoms with Crippen molar-refractivity contribution in [1.82, 2.24) is 24.9 Å². The number of rotatable bonds is 9.